The summed E-state index contributed by atoms with van der Waals surface area (Å²) in [7, 11) is 0. The number of halogens is 1. The smallest absolute Gasteiger partial charge is 0.176 e. The molecule has 0 saturated heterocycles. The molecule has 0 bridgehead atoms. The Kier molecular flexibility index (Phi) is 4.27. The minimum atomic E-state index is 0.532. The van der Waals surface area contributed by atoms with Gasteiger partial charge in [0.2, 0.25) is 0 Å². The molecule has 0 radical (unpaired) electrons. The van der Waals surface area contributed by atoms with E-state index in [0.29, 0.717) is 5.11 Å². The van der Waals surface area contributed by atoms with Crippen LogP contribution in [0, 0.1) is 3.57 Å². The van der Waals surface area contributed by atoms with Crippen molar-refractivity contribution in [1.29, 1.82) is 0 Å². The summed E-state index contributed by atoms with van der Waals surface area (Å²) in [6.07, 6.45) is 1.79. The molecule has 0 fully saturated rings. The summed E-state index contributed by atoms with van der Waals surface area (Å²) < 4.78 is 1.09. The molecule has 0 aliphatic rings. The Balaban J connectivity index is 1.96. The van der Waals surface area contributed by atoms with Gasteiger partial charge < -0.3 is 10.6 Å². The van der Waals surface area contributed by atoms with Crippen LogP contribution in [0.25, 0.3) is 0 Å². The van der Waals surface area contributed by atoms with Gasteiger partial charge in [0.05, 0.1) is 0 Å². The fourth-order valence-corrected chi connectivity index (χ4v) is 1.79. The van der Waals surface area contributed by atoms with Gasteiger partial charge in [0.15, 0.2) is 5.11 Å². The van der Waals surface area contributed by atoms with E-state index in [4.69, 9.17) is 12.2 Å². The molecule has 0 spiro atoms. The van der Waals surface area contributed by atoms with E-state index in [1.165, 1.54) is 0 Å². The normalized spacial score (nSPS) is 9.71. The van der Waals surface area contributed by atoms with Crippen molar-refractivity contribution >= 4 is 51.4 Å². The number of para-hydroxylation sites is 1. The van der Waals surface area contributed by atoms with Crippen molar-refractivity contribution in [3.63, 3.8) is 0 Å². The second-order valence-electron chi connectivity index (χ2n) is 3.31. The zero-order chi connectivity index (χ0) is 12.1. The Morgan fingerprint density at radius 3 is 2.47 bits per heavy atom. The topological polar surface area (TPSA) is 37.0 Å². The van der Waals surface area contributed by atoms with Gasteiger partial charge in [0.25, 0.3) is 0 Å². The number of hydrogen-bond acceptors (Lipinski definition) is 2. The molecule has 3 nitrogen and oxygen atoms in total. The quantitative estimate of drug-likeness (QED) is 0.639. The second kappa shape index (κ2) is 5.92. The van der Waals surface area contributed by atoms with Crippen LogP contribution >= 0.6 is 34.8 Å². The summed E-state index contributed by atoms with van der Waals surface area (Å²) >= 11 is 7.40. The molecule has 2 rings (SSSR count). The van der Waals surface area contributed by atoms with Crippen LogP contribution in [0.3, 0.4) is 0 Å². The largest absolute Gasteiger partial charge is 0.332 e. The van der Waals surface area contributed by atoms with Crippen molar-refractivity contribution in [3.8, 4) is 0 Å². The van der Waals surface area contributed by atoms with Gasteiger partial charge in [-0.05, 0) is 59.1 Å². The lowest BCUT2D eigenvalue weighted by molar-refractivity contribution is 1.30. The number of thiocarbonyl (C=S) groups is 1. The van der Waals surface area contributed by atoms with Crippen LogP contribution in [-0.2, 0) is 0 Å². The molecule has 0 saturated carbocycles. The summed E-state index contributed by atoms with van der Waals surface area (Å²) in [6, 6.07) is 13.6. The number of rotatable bonds is 2. The van der Waals surface area contributed by atoms with Gasteiger partial charge in [-0.3, -0.25) is 0 Å². The number of anilines is 2. The second-order valence-corrected chi connectivity index (χ2v) is 4.96. The molecule has 2 N–H and O–H groups in total. The summed E-state index contributed by atoms with van der Waals surface area (Å²) in [4.78, 5) is 4.21. The van der Waals surface area contributed by atoms with Crippen LogP contribution in [0.5, 0.6) is 0 Å². The van der Waals surface area contributed by atoms with E-state index in [2.05, 4.69) is 38.2 Å². The first kappa shape index (κ1) is 12.3. The van der Waals surface area contributed by atoms with Gasteiger partial charge in [-0.25, -0.2) is 4.98 Å². The summed E-state index contributed by atoms with van der Waals surface area (Å²) in [5.41, 5.74) is 0.954. The van der Waals surface area contributed by atoms with Gasteiger partial charge in [-0.2, -0.15) is 0 Å². The Morgan fingerprint density at radius 2 is 1.82 bits per heavy atom. The van der Waals surface area contributed by atoms with E-state index in [-0.39, 0.29) is 0 Å². The highest BCUT2D eigenvalue weighted by molar-refractivity contribution is 14.1. The first-order chi connectivity index (χ1) is 8.24. The first-order valence-electron chi connectivity index (χ1n) is 4.98. The van der Waals surface area contributed by atoms with Gasteiger partial charge >= 0.3 is 0 Å². The van der Waals surface area contributed by atoms with E-state index < -0.39 is 0 Å². The van der Waals surface area contributed by atoms with Crippen LogP contribution in [0.1, 0.15) is 0 Å². The van der Waals surface area contributed by atoms with Crippen LogP contribution in [0.2, 0.25) is 0 Å². The van der Waals surface area contributed by atoms with E-state index in [1.54, 1.807) is 6.20 Å². The lowest BCUT2D eigenvalue weighted by Gasteiger charge is -2.09. The lowest BCUT2D eigenvalue weighted by Crippen LogP contribution is -2.19. The van der Waals surface area contributed by atoms with Crippen LogP contribution in [0.4, 0.5) is 11.5 Å². The maximum Gasteiger partial charge on any atom is 0.176 e. The average molecular weight is 355 g/mol. The number of aromatic nitrogens is 1. The van der Waals surface area contributed by atoms with Crippen LogP contribution in [0.15, 0.2) is 48.7 Å². The predicted molar refractivity (Wildman–Crippen MR) is 83.2 cm³/mol. The molecule has 1 aromatic heterocycles. The molecule has 0 atom stereocenters. The monoisotopic (exact) mass is 355 g/mol. The zero-order valence-electron chi connectivity index (χ0n) is 8.85. The highest BCUT2D eigenvalue weighted by Crippen LogP contribution is 2.09. The average Bonchev–Trinajstić information content (AvgIpc) is 2.33. The molecule has 5 heteroatoms. The fourth-order valence-electron chi connectivity index (χ4n) is 1.25. The summed E-state index contributed by atoms with van der Waals surface area (Å²) in [5.74, 6) is 0.735. The third kappa shape index (κ3) is 3.94. The summed E-state index contributed by atoms with van der Waals surface area (Å²) in [5, 5.41) is 6.64. The number of nitrogens with one attached hydrogen (secondary N) is 2. The predicted octanol–water partition coefficient (Wildman–Crippen LogP) is 3.50. The van der Waals surface area contributed by atoms with Crippen molar-refractivity contribution in [2.24, 2.45) is 0 Å². The molecule has 1 aromatic carbocycles. The van der Waals surface area contributed by atoms with E-state index >= 15 is 0 Å². The van der Waals surface area contributed by atoms with Gasteiger partial charge in [0, 0.05) is 15.5 Å². The first-order valence-corrected chi connectivity index (χ1v) is 6.47. The van der Waals surface area contributed by atoms with E-state index in [1.807, 2.05) is 42.5 Å². The van der Waals surface area contributed by atoms with Gasteiger partial charge in [-0.15, -0.1) is 0 Å². The third-order valence-electron chi connectivity index (χ3n) is 2.00. The SMILES string of the molecule is S=C(Nc1ccccc1)Nc1ccc(I)cn1. The Labute approximate surface area is 119 Å². The maximum absolute atomic E-state index is 5.19. The molecule has 86 valence electrons. The Hall–Kier alpha value is -1.21. The standard InChI is InChI=1S/C12H10IN3S/c13-9-6-7-11(14-8-9)16-12(17)15-10-4-2-1-3-5-10/h1-8H,(H2,14,15,16,17). The molecule has 0 amide bonds. The van der Waals surface area contributed by atoms with Crippen molar-refractivity contribution in [3.05, 3.63) is 52.2 Å². The van der Waals surface area contributed by atoms with Crippen molar-refractivity contribution in [2.75, 3.05) is 10.6 Å². The molecule has 2 aromatic rings. The molecular formula is C12H10IN3S. The molecule has 1 heterocycles. The number of benzene rings is 1. The minimum absolute atomic E-state index is 0.532. The molecule has 0 aliphatic carbocycles. The number of pyridine rings is 1. The Morgan fingerprint density at radius 1 is 1.06 bits per heavy atom. The van der Waals surface area contributed by atoms with Crippen molar-refractivity contribution < 1.29 is 0 Å². The molecular weight excluding hydrogens is 345 g/mol. The third-order valence-corrected chi connectivity index (χ3v) is 2.84. The van der Waals surface area contributed by atoms with Crippen LogP contribution < -0.4 is 10.6 Å². The van der Waals surface area contributed by atoms with Gasteiger partial charge in [0.1, 0.15) is 5.82 Å². The molecule has 0 aliphatic heterocycles. The molecule has 0 unspecified atom stereocenters. The number of hydrogen-bond donors (Lipinski definition) is 2. The summed E-state index contributed by atoms with van der Waals surface area (Å²) in [6.45, 7) is 0. The lowest BCUT2D eigenvalue weighted by atomic mass is 10.3. The fraction of sp³-hybridized carbons (Fsp3) is 0. The van der Waals surface area contributed by atoms with Crippen molar-refractivity contribution in [2.45, 2.75) is 0 Å². The highest BCUT2D eigenvalue weighted by Gasteiger charge is 1.99. The Bertz CT molecular complexity index is 499. The maximum atomic E-state index is 5.19. The van der Waals surface area contributed by atoms with Crippen molar-refractivity contribution in [1.82, 2.24) is 4.98 Å². The zero-order valence-corrected chi connectivity index (χ0v) is 11.8. The van der Waals surface area contributed by atoms with Gasteiger partial charge in [-0.1, -0.05) is 18.2 Å². The molecule has 17 heavy (non-hydrogen) atoms. The highest BCUT2D eigenvalue weighted by atomic mass is 127. The number of nitrogens with zero attached hydrogens (tertiary/aromatic N) is 1. The van der Waals surface area contributed by atoms with E-state index in [0.717, 1.165) is 15.1 Å². The van der Waals surface area contributed by atoms with Crippen LogP contribution in [-0.4, -0.2) is 10.1 Å². The minimum Gasteiger partial charge on any atom is -0.332 e. The van der Waals surface area contributed by atoms with E-state index in [9.17, 15) is 0 Å².